The van der Waals surface area contributed by atoms with E-state index in [0.29, 0.717) is 5.52 Å². The van der Waals surface area contributed by atoms with Crippen LogP contribution in [-0.4, -0.2) is 38.6 Å². The van der Waals surface area contributed by atoms with Crippen LogP contribution in [0.25, 0.3) is 22.6 Å². The van der Waals surface area contributed by atoms with E-state index in [0.717, 1.165) is 42.7 Å². The number of aromatic nitrogens is 4. The van der Waals surface area contributed by atoms with Gasteiger partial charge in [0.15, 0.2) is 11.5 Å². The molecule has 7 nitrogen and oxygen atoms in total. The first-order chi connectivity index (χ1) is 12.7. The summed E-state index contributed by atoms with van der Waals surface area (Å²) < 4.78 is 6.96. The Morgan fingerprint density at radius 3 is 2.92 bits per heavy atom. The van der Waals surface area contributed by atoms with E-state index >= 15 is 0 Å². The average Bonchev–Trinajstić information content (AvgIpc) is 3.06. The van der Waals surface area contributed by atoms with Crippen molar-refractivity contribution in [2.45, 2.75) is 37.8 Å². The summed E-state index contributed by atoms with van der Waals surface area (Å²) in [7, 11) is 1.34. The molecule has 134 valence electrons. The van der Waals surface area contributed by atoms with Gasteiger partial charge in [-0.05, 0) is 43.9 Å². The first-order valence-corrected chi connectivity index (χ1v) is 8.80. The molecule has 2 N–H and O–H groups in total. The number of hydrogen-bond acceptors (Lipinski definition) is 6. The molecule has 7 heteroatoms. The monoisotopic (exact) mass is 351 g/mol. The molecule has 0 aliphatic heterocycles. The fraction of sp³-hybridized carbons (Fsp3) is 0.368. The molecule has 0 aromatic carbocycles. The van der Waals surface area contributed by atoms with Crippen molar-refractivity contribution in [1.82, 2.24) is 19.5 Å². The van der Waals surface area contributed by atoms with Gasteiger partial charge in [-0.2, -0.15) is 0 Å². The van der Waals surface area contributed by atoms with E-state index < -0.39 is 5.97 Å². The van der Waals surface area contributed by atoms with Crippen molar-refractivity contribution < 1.29 is 9.53 Å². The number of esters is 1. The number of fused-ring (bicyclic) bond motifs is 1. The van der Waals surface area contributed by atoms with Gasteiger partial charge in [0, 0.05) is 18.3 Å². The molecule has 2 atom stereocenters. The molecule has 1 fully saturated rings. The third kappa shape index (κ3) is 2.94. The van der Waals surface area contributed by atoms with Gasteiger partial charge in [0.25, 0.3) is 0 Å². The molecule has 0 bridgehead atoms. The van der Waals surface area contributed by atoms with E-state index in [1.807, 2.05) is 18.2 Å². The van der Waals surface area contributed by atoms with Gasteiger partial charge in [0.2, 0.25) is 0 Å². The second kappa shape index (κ2) is 6.84. The normalized spacial score (nSPS) is 20.2. The van der Waals surface area contributed by atoms with Crippen LogP contribution < -0.4 is 5.73 Å². The number of methoxy groups -OCH3 is 1. The van der Waals surface area contributed by atoms with Crippen molar-refractivity contribution in [1.29, 1.82) is 0 Å². The second-order valence-corrected chi connectivity index (χ2v) is 6.65. The van der Waals surface area contributed by atoms with E-state index in [4.69, 9.17) is 15.5 Å². The Kier molecular flexibility index (Phi) is 4.38. The number of ether oxygens (including phenoxy) is 1. The van der Waals surface area contributed by atoms with Gasteiger partial charge in [0.1, 0.15) is 5.69 Å². The largest absolute Gasteiger partial charge is 0.464 e. The summed E-state index contributed by atoms with van der Waals surface area (Å²) in [5, 5.41) is 0. The third-order valence-electron chi connectivity index (χ3n) is 4.92. The van der Waals surface area contributed by atoms with Crippen molar-refractivity contribution in [3.05, 3.63) is 42.4 Å². The Labute approximate surface area is 151 Å². The lowest BCUT2D eigenvalue weighted by Gasteiger charge is -2.29. The predicted molar refractivity (Wildman–Crippen MR) is 97.6 cm³/mol. The standard InChI is InChI=1S/C19H21N5O2/c1-26-19(25)16-10-15-17(11-22-16)24(13-6-4-5-12(20)9-13)18(23-15)14-7-2-3-8-21-14/h2-3,7-8,10-13H,4-6,9,20H2,1H3/t12-,13+/m0/s1. The van der Waals surface area contributed by atoms with Crippen LogP contribution in [-0.2, 0) is 4.74 Å². The fourth-order valence-corrected chi connectivity index (χ4v) is 3.69. The molecule has 1 saturated carbocycles. The Hall–Kier alpha value is -2.80. The van der Waals surface area contributed by atoms with Crippen LogP contribution in [0.2, 0.25) is 0 Å². The summed E-state index contributed by atoms with van der Waals surface area (Å²) >= 11 is 0. The molecule has 0 amide bonds. The zero-order chi connectivity index (χ0) is 18.1. The first-order valence-electron chi connectivity index (χ1n) is 8.80. The maximum atomic E-state index is 11.8. The van der Waals surface area contributed by atoms with Crippen molar-refractivity contribution in [3.63, 3.8) is 0 Å². The Bertz CT molecular complexity index is 938. The highest BCUT2D eigenvalue weighted by Crippen LogP contribution is 2.35. The highest BCUT2D eigenvalue weighted by Gasteiger charge is 2.26. The Balaban J connectivity index is 1.89. The molecule has 0 unspecified atom stereocenters. The number of nitrogens with two attached hydrogens (primary N) is 1. The van der Waals surface area contributed by atoms with Crippen molar-refractivity contribution >= 4 is 17.0 Å². The lowest BCUT2D eigenvalue weighted by molar-refractivity contribution is 0.0594. The van der Waals surface area contributed by atoms with Gasteiger partial charge in [-0.1, -0.05) is 6.07 Å². The molecule has 3 aromatic heterocycles. The number of nitrogens with zero attached hydrogens (tertiary/aromatic N) is 4. The molecule has 1 aliphatic rings. The van der Waals surface area contributed by atoms with E-state index in [1.165, 1.54) is 7.11 Å². The molecule has 26 heavy (non-hydrogen) atoms. The number of carbonyl (C=O) groups is 1. The number of rotatable bonds is 3. The maximum absolute atomic E-state index is 11.8. The minimum atomic E-state index is -0.472. The Morgan fingerprint density at radius 1 is 1.31 bits per heavy atom. The summed E-state index contributed by atoms with van der Waals surface area (Å²) in [6, 6.07) is 7.86. The van der Waals surface area contributed by atoms with Crippen LogP contribution in [0.3, 0.4) is 0 Å². The molecule has 0 radical (unpaired) electrons. The van der Waals surface area contributed by atoms with E-state index in [-0.39, 0.29) is 17.8 Å². The Morgan fingerprint density at radius 2 is 2.19 bits per heavy atom. The minimum absolute atomic E-state index is 0.185. The van der Waals surface area contributed by atoms with Gasteiger partial charge in [-0.25, -0.2) is 14.8 Å². The quantitative estimate of drug-likeness (QED) is 0.729. The van der Waals surface area contributed by atoms with Crippen LogP contribution in [0, 0.1) is 0 Å². The lowest BCUT2D eigenvalue weighted by Crippen LogP contribution is -2.29. The molecule has 0 spiro atoms. The van der Waals surface area contributed by atoms with Gasteiger partial charge < -0.3 is 15.0 Å². The molecule has 3 heterocycles. The van der Waals surface area contributed by atoms with Crippen molar-refractivity contribution in [2.24, 2.45) is 5.73 Å². The van der Waals surface area contributed by atoms with E-state index in [2.05, 4.69) is 14.5 Å². The third-order valence-corrected chi connectivity index (χ3v) is 4.92. The van der Waals surface area contributed by atoms with Crippen LogP contribution >= 0.6 is 0 Å². The maximum Gasteiger partial charge on any atom is 0.356 e. The summed E-state index contributed by atoms with van der Waals surface area (Å²) in [6.45, 7) is 0. The zero-order valence-corrected chi connectivity index (χ0v) is 14.6. The van der Waals surface area contributed by atoms with E-state index in [9.17, 15) is 4.79 Å². The molecule has 3 aromatic rings. The van der Waals surface area contributed by atoms with Gasteiger partial charge in [-0.15, -0.1) is 0 Å². The molecule has 1 aliphatic carbocycles. The number of imidazole rings is 1. The predicted octanol–water partition coefficient (Wildman–Crippen LogP) is 2.72. The van der Waals surface area contributed by atoms with Crippen LogP contribution in [0.1, 0.15) is 42.2 Å². The van der Waals surface area contributed by atoms with Crippen LogP contribution in [0.5, 0.6) is 0 Å². The van der Waals surface area contributed by atoms with E-state index in [1.54, 1.807) is 18.5 Å². The minimum Gasteiger partial charge on any atom is -0.464 e. The summed E-state index contributed by atoms with van der Waals surface area (Å²) in [6.07, 6.45) is 7.51. The van der Waals surface area contributed by atoms with Gasteiger partial charge in [0.05, 0.1) is 24.3 Å². The topological polar surface area (TPSA) is 95.9 Å². The van der Waals surface area contributed by atoms with Crippen molar-refractivity contribution in [2.75, 3.05) is 7.11 Å². The second-order valence-electron chi connectivity index (χ2n) is 6.65. The highest BCUT2D eigenvalue weighted by atomic mass is 16.5. The molecule has 0 saturated heterocycles. The van der Waals surface area contributed by atoms with Gasteiger partial charge in [-0.3, -0.25) is 4.98 Å². The highest BCUT2D eigenvalue weighted by molar-refractivity contribution is 5.91. The van der Waals surface area contributed by atoms with Crippen LogP contribution in [0.4, 0.5) is 0 Å². The smallest absolute Gasteiger partial charge is 0.356 e. The zero-order valence-electron chi connectivity index (χ0n) is 14.6. The summed E-state index contributed by atoms with van der Waals surface area (Å²) in [5.74, 6) is 0.309. The summed E-state index contributed by atoms with van der Waals surface area (Å²) in [5.41, 5.74) is 8.86. The molecule has 4 rings (SSSR count). The molecular weight excluding hydrogens is 330 g/mol. The SMILES string of the molecule is COC(=O)c1cc2nc(-c3ccccn3)n([C@@H]3CCC[C@H](N)C3)c2cn1. The van der Waals surface area contributed by atoms with Crippen LogP contribution in [0.15, 0.2) is 36.7 Å². The van der Waals surface area contributed by atoms with Gasteiger partial charge >= 0.3 is 5.97 Å². The lowest BCUT2D eigenvalue weighted by atomic mass is 9.91. The number of hydrogen-bond donors (Lipinski definition) is 1. The fourth-order valence-electron chi connectivity index (χ4n) is 3.69. The number of pyridine rings is 2. The number of carbonyl (C=O) groups excluding carboxylic acids is 1. The average molecular weight is 351 g/mol. The first kappa shape index (κ1) is 16.7. The molecular formula is C19H21N5O2. The van der Waals surface area contributed by atoms with Crippen molar-refractivity contribution in [3.8, 4) is 11.5 Å². The summed E-state index contributed by atoms with van der Waals surface area (Å²) in [4.78, 5) is 25.3.